The van der Waals surface area contributed by atoms with Crippen molar-refractivity contribution in [2.45, 2.75) is 46.1 Å². The number of rotatable bonds is 7. The molecule has 2 heterocycles. The molecule has 0 unspecified atom stereocenters. The number of amides is 1. The van der Waals surface area contributed by atoms with Gasteiger partial charge in [0.2, 0.25) is 0 Å². The number of hydrogen-bond acceptors (Lipinski definition) is 3. The van der Waals surface area contributed by atoms with Gasteiger partial charge in [0.1, 0.15) is 5.82 Å². The van der Waals surface area contributed by atoms with E-state index >= 15 is 0 Å². The molecule has 1 amide bonds. The average molecular weight is 370 g/mol. The van der Waals surface area contributed by atoms with E-state index in [2.05, 4.69) is 16.5 Å². The van der Waals surface area contributed by atoms with E-state index in [-0.39, 0.29) is 5.91 Å². The number of aryl methyl sites for hydroxylation is 2. The molecule has 0 N–H and O–H groups in total. The molecule has 1 aromatic heterocycles. The lowest BCUT2D eigenvalue weighted by atomic mass is 9.92. The first kappa shape index (κ1) is 19.6. The second-order valence-corrected chi connectivity index (χ2v) is 7.62. The molecule has 146 valence electrons. The molecular formula is C22H31N3O2. The Hall–Kier alpha value is -2.14. The Bertz CT molecular complexity index is 761. The highest BCUT2D eigenvalue weighted by molar-refractivity contribution is 5.94. The van der Waals surface area contributed by atoms with Gasteiger partial charge in [-0.2, -0.15) is 0 Å². The Morgan fingerprint density at radius 1 is 1.26 bits per heavy atom. The lowest BCUT2D eigenvalue weighted by Gasteiger charge is -2.32. The van der Waals surface area contributed by atoms with Crippen LogP contribution in [0.4, 0.5) is 0 Å². The first-order chi connectivity index (χ1) is 13.1. The molecule has 0 atom stereocenters. The summed E-state index contributed by atoms with van der Waals surface area (Å²) in [5.74, 6) is 1.93. The predicted molar refractivity (Wildman–Crippen MR) is 107 cm³/mol. The van der Waals surface area contributed by atoms with Crippen LogP contribution in [0.2, 0.25) is 0 Å². The number of carbonyl (C=O) groups is 1. The number of ether oxygens (including phenoxy) is 1. The van der Waals surface area contributed by atoms with Crippen molar-refractivity contribution in [2.75, 3.05) is 26.8 Å². The van der Waals surface area contributed by atoms with Crippen LogP contribution in [0.1, 0.15) is 46.7 Å². The zero-order chi connectivity index (χ0) is 19.2. The Morgan fingerprint density at radius 2 is 2.04 bits per heavy atom. The number of carbonyl (C=O) groups excluding carboxylic acids is 1. The summed E-state index contributed by atoms with van der Waals surface area (Å²) < 4.78 is 7.50. The zero-order valence-electron chi connectivity index (χ0n) is 16.8. The van der Waals surface area contributed by atoms with Gasteiger partial charge in [0, 0.05) is 57.2 Å². The summed E-state index contributed by atoms with van der Waals surface area (Å²) in [6.45, 7) is 7.55. The molecule has 5 heteroatoms. The van der Waals surface area contributed by atoms with Crippen LogP contribution in [0.15, 0.2) is 30.5 Å². The minimum Gasteiger partial charge on any atom is -0.385 e. The van der Waals surface area contributed by atoms with Crippen LogP contribution in [0.5, 0.6) is 0 Å². The second kappa shape index (κ2) is 9.18. The van der Waals surface area contributed by atoms with Gasteiger partial charge < -0.3 is 14.2 Å². The maximum atomic E-state index is 12.7. The van der Waals surface area contributed by atoms with Crippen LogP contribution in [-0.2, 0) is 17.7 Å². The Morgan fingerprint density at radius 3 is 2.74 bits per heavy atom. The van der Waals surface area contributed by atoms with Crippen molar-refractivity contribution in [2.24, 2.45) is 5.92 Å². The molecule has 1 aliphatic heterocycles. The van der Waals surface area contributed by atoms with Crippen LogP contribution in [0.25, 0.3) is 0 Å². The molecule has 0 saturated carbocycles. The number of imidazole rings is 1. The summed E-state index contributed by atoms with van der Waals surface area (Å²) in [6, 6.07) is 7.88. The quantitative estimate of drug-likeness (QED) is 0.700. The third-order valence-corrected chi connectivity index (χ3v) is 5.51. The third kappa shape index (κ3) is 4.98. The summed E-state index contributed by atoms with van der Waals surface area (Å²) in [5.41, 5.74) is 3.15. The van der Waals surface area contributed by atoms with Crippen molar-refractivity contribution in [3.8, 4) is 0 Å². The number of hydrogen-bond donors (Lipinski definition) is 0. The molecule has 1 saturated heterocycles. The lowest BCUT2D eigenvalue weighted by Crippen LogP contribution is -2.39. The lowest BCUT2D eigenvalue weighted by molar-refractivity contribution is 0.0689. The fourth-order valence-electron chi connectivity index (χ4n) is 3.91. The number of aromatic nitrogens is 2. The van der Waals surface area contributed by atoms with E-state index in [1.165, 1.54) is 11.5 Å². The highest BCUT2D eigenvalue weighted by Gasteiger charge is 2.25. The first-order valence-corrected chi connectivity index (χ1v) is 9.94. The molecule has 5 nitrogen and oxygen atoms in total. The highest BCUT2D eigenvalue weighted by atomic mass is 16.5. The van der Waals surface area contributed by atoms with Crippen molar-refractivity contribution in [3.63, 3.8) is 0 Å². The summed E-state index contributed by atoms with van der Waals surface area (Å²) in [5, 5.41) is 0. The van der Waals surface area contributed by atoms with Gasteiger partial charge in [-0.3, -0.25) is 4.79 Å². The summed E-state index contributed by atoms with van der Waals surface area (Å²) in [4.78, 5) is 19.4. The van der Waals surface area contributed by atoms with E-state index in [1.54, 1.807) is 7.11 Å². The fraction of sp³-hybridized carbons (Fsp3) is 0.545. The molecule has 0 bridgehead atoms. The van der Waals surface area contributed by atoms with E-state index in [1.807, 2.05) is 42.3 Å². The highest BCUT2D eigenvalue weighted by Crippen LogP contribution is 2.23. The van der Waals surface area contributed by atoms with Crippen molar-refractivity contribution >= 4 is 5.91 Å². The smallest absolute Gasteiger partial charge is 0.253 e. The largest absolute Gasteiger partial charge is 0.385 e. The molecular weight excluding hydrogens is 338 g/mol. The predicted octanol–water partition coefficient (Wildman–Crippen LogP) is 3.63. The third-order valence-electron chi connectivity index (χ3n) is 5.51. The van der Waals surface area contributed by atoms with Crippen LogP contribution < -0.4 is 0 Å². The molecule has 0 spiro atoms. The molecule has 3 rings (SSSR count). The van der Waals surface area contributed by atoms with E-state index < -0.39 is 0 Å². The first-order valence-electron chi connectivity index (χ1n) is 9.94. The number of methoxy groups -OCH3 is 1. The zero-order valence-corrected chi connectivity index (χ0v) is 16.8. The molecule has 1 fully saturated rings. The summed E-state index contributed by atoms with van der Waals surface area (Å²) >= 11 is 0. The normalized spacial score (nSPS) is 15.3. The summed E-state index contributed by atoms with van der Waals surface area (Å²) in [6.07, 6.45) is 6.05. The molecule has 0 radical (unpaired) electrons. The van der Waals surface area contributed by atoms with Gasteiger partial charge in [-0.1, -0.05) is 17.7 Å². The molecule has 0 aliphatic carbocycles. The van der Waals surface area contributed by atoms with Crippen LogP contribution in [0, 0.1) is 19.8 Å². The Kier molecular flexibility index (Phi) is 6.67. The van der Waals surface area contributed by atoms with Gasteiger partial charge >= 0.3 is 0 Å². The van der Waals surface area contributed by atoms with E-state index in [9.17, 15) is 4.79 Å². The van der Waals surface area contributed by atoms with Crippen LogP contribution >= 0.6 is 0 Å². The van der Waals surface area contributed by atoms with Gasteiger partial charge in [-0.25, -0.2) is 4.98 Å². The van der Waals surface area contributed by atoms with Gasteiger partial charge in [0.25, 0.3) is 5.91 Å². The molecule has 1 aromatic carbocycles. The van der Waals surface area contributed by atoms with Crippen LogP contribution in [-0.4, -0.2) is 47.2 Å². The van der Waals surface area contributed by atoms with E-state index in [0.29, 0.717) is 5.92 Å². The van der Waals surface area contributed by atoms with Crippen molar-refractivity contribution in [3.05, 3.63) is 53.1 Å². The van der Waals surface area contributed by atoms with Gasteiger partial charge in [0.05, 0.1) is 0 Å². The maximum Gasteiger partial charge on any atom is 0.253 e. The topological polar surface area (TPSA) is 47.4 Å². The number of nitrogens with zero attached hydrogens (tertiary/aromatic N) is 3. The van der Waals surface area contributed by atoms with Gasteiger partial charge in [0.15, 0.2) is 0 Å². The Balaban J connectivity index is 1.55. The van der Waals surface area contributed by atoms with Crippen molar-refractivity contribution in [1.82, 2.24) is 14.5 Å². The molecule has 2 aromatic rings. The molecule has 27 heavy (non-hydrogen) atoms. The molecule has 1 aliphatic rings. The monoisotopic (exact) mass is 369 g/mol. The summed E-state index contributed by atoms with van der Waals surface area (Å²) in [7, 11) is 1.74. The van der Waals surface area contributed by atoms with Crippen molar-refractivity contribution in [1.29, 1.82) is 0 Å². The number of benzene rings is 1. The minimum atomic E-state index is 0.161. The number of likely N-dealkylation sites (tertiary alicyclic amines) is 1. The standard InChI is InChI=1S/C22H31N3O2/c1-17-6-4-7-20(14-17)22(26)24-11-8-19(9-12-24)15-21-23-16-18(2)25(21)10-5-13-27-3/h4,6-7,14,16,19H,5,8-13,15H2,1-3H3. The SMILES string of the molecule is COCCCn1c(C)cnc1CC1CCN(C(=O)c2cccc(C)c2)CC1. The average Bonchev–Trinajstić information content (AvgIpc) is 3.02. The maximum absolute atomic E-state index is 12.7. The van der Waals surface area contributed by atoms with Crippen molar-refractivity contribution < 1.29 is 9.53 Å². The Labute approximate surface area is 162 Å². The van der Waals surface area contributed by atoms with Gasteiger partial charge in [-0.15, -0.1) is 0 Å². The van der Waals surface area contributed by atoms with Gasteiger partial charge in [-0.05, 0) is 51.2 Å². The minimum absolute atomic E-state index is 0.161. The van der Waals surface area contributed by atoms with Crippen LogP contribution in [0.3, 0.4) is 0 Å². The second-order valence-electron chi connectivity index (χ2n) is 7.62. The van der Waals surface area contributed by atoms with E-state index in [0.717, 1.165) is 63.1 Å². The fourth-order valence-corrected chi connectivity index (χ4v) is 3.91. The number of piperidine rings is 1. The van der Waals surface area contributed by atoms with E-state index in [4.69, 9.17) is 4.74 Å².